The van der Waals surface area contributed by atoms with Crippen LogP contribution in [0.2, 0.25) is 5.15 Å². The molecule has 1 aromatic heterocycles. The minimum absolute atomic E-state index is 0.00329. The number of ether oxygens (including phenoxy) is 1. The van der Waals surface area contributed by atoms with E-state index in [9.17, 15) is 15.0 Å². The molecule has 7 nitrogen and oxygen atoms in total. The van der Waals surface area contributed by atoms with Gasteiger partial charge >= 0.3 is 0 Å². The Balaban J connectivity index is 1.18. The lowest BCUT2D eigenvalue weighted by molar-refractivity contribution is -0.191. The van der Waals surface area contributed by atoms with Crippen molar-refractivity contribution in [1.82, 2.24) is 15.2 Å². The number of piperidine rings is 1. The molecule has 2 aliphatic heterocycles. The zero-order valence-corrected chi connectivity index (χ0v) is 21.7. The molecule has 196 valence electrons. The molecule has 3 N–H and O–H groups in total. The number of carbonyl (C=O) groups excluding carboxylic acids is 1. The quantitative estimate of drug-likeness (QED) is 0.441. The first-order valence-electron chi connectivity index (χ1n) is 13.7. The molecule has 1 spiro atoms. The average Bonchev–Trinajstić information content (AvgIpc) is 3.65. The number of carbonyl (C=O) groups is 1. The highest BCUT2D eigenvalue weighted by Crippen LogP contribution is 2.65. The molecule has 1 amide bonds. The summed E-state index contributed by atoms with van der Waals surface area (Å²) < 4.78 is 6.56. The summed E-state index contributed by atoms with van der Waals surface area (Å²) in [5.41, 5.74) is 0.697. The maximum atomic E-state index is 13.5. The number of rotatable bonds is 4. The Morgan fingerprint density at radius 3 is 2.87 bits per heavy atom. The minimum Gasteiger partial charge on any atom is -0.504 e. The zero-order valence-electron chi connectivity index (χ0n) is 21.0. The van der Waals surface area contributed by atoms with E-state index < -0.39 is 17.1 Å². The highest BCUT2D eigenvalue weighted by Gasteiger charge is 2.73. The van der Waals surface area contributed by atoms with Crippen molar-refractivity contribution >= 4 is 28.3 Å². The number of aromatic hydroxyl groups is 1. The molecular formula is C30H30ClN3O4. The van der Waals surface area contributed by atoms with Crippen molar-refractivity contribution in [2.45, 2.75) is 67.7 Å². The SMILES string of the molecule is O=C(N[C@H]1CC[C@@]2(O)[C@H]3Cc4ccc(O)c5c4[C@@]2(CCN3CC2CC2)[C@H]1O5)c1cc2ccccc2c(Cl)n1. The minimum atomic E-state index is -0.984. The molecule has 8 heteroatoms. The van der Waals surface area contributed by atoms with Gasteiger partial charge in [0.2, 0.25) is 0 Å². The Bertz CT molecular complexity index is 1510. The van der Waals surface area contributed by atoms with Crippen LogP contribution in [-0.4, -0.2) is 62.9 Å². The van der Waals surface area contributed by atoms with Crippen LogP contribution in [0.1, 0.15) is 53.7 Å². The number of phenolic OH excluding ortho intramolecular Hbond substituents is 1. The van der Waals surface area contributed by atoms with Crippen LogP contribution in [-0.2, 0) is 11.8 Å². The van der Waals surface area contributed by atoms with Crippen molar-refractivity contribution in [3.63, 3.8) is 0 Å². The predicted molar refractivity (Wildman–Crippen MR) is 143 cm³/mol. The molecule has 3 aromatic rings. The number of fused-ring (bicyclic) bond motifs is 1. The highest BCUT2D eigenvalue weighted by atomic mass is 35.5. The Labute approximate surface area is 225 Å². The van der Waals surface area contributed by atoms with Crippen LogP contribution < -0.4 is 10.1 Å². The molecule has 2 aromatic carbocycles. The number of halogens is 1. The molecule has 0 radical (unpaired) electrons. The molecule has 5 aliphatic rings. The van der Waals surface area contributed by atoms with E-state index in [1.54, 1.807) is 12.1 Å². The van der Waals surface area contributed by atoms with Crippen molar-refractivity contribution in [1.29, 1.82) is 0 Å². The van der Waals surface area contributed by atoms with Gasteiger partial charge in [0.05, 0.1) is 17.1 Å². The zero-order chi connectivity index (χ0) is 25.8. The molecule has 5 atom stereocenters. The molecule has 38 heavy (non-hydrogen) atoms. The van der Waals surface area contributed by atoms with Gasteiger partial charge in [0.25, 0.3) is 5.91 Å². The van der Waals surface area contributed by atoms with E-state index >= 15 is 0 Å². The van der Waals surface area contributed by atoms with Gasteiger partial charge in [-0.2, -0.15) is 0 Å². The monoisotopic (exact) mass is 531 g/mol. The van der Waals surface area contributed by atoms with Gasteiger partial charge in [0, 0.05) is 23.5 Å². The summed E-state index contributed by atoms with van der Waals surface area (Å²) in [6, 6.07) is 12.7. The number of pyridine rings is 1. The predicted octanol–water partition coefficient (Wildman–Crippen LogP) is 3.96. The normalized spacial score (nSPS) is 33.1. The van der Waals surface area contributed by atoms with Gasteiger partial charge in [0.15, 0.2) is 11.5 Å². The van der Waals surface area contributed by atoms with Crippen molar-refractivity contribution < 1.29 is 19.7 Å². The lowest BCUT2D eigenvalue weighted by Crippen LogP contribution is -2.78. The fourth-order valence-electron chi connectivity index (χ4n) is 8.14. The number of aliphatic hydroxyl groups is 1. The van der Waals surface area contributed by atoms with Gasteiger partial charge in [-0.25, -0.2) is 4.98 Å². The summed E-state index contributed by atoms with van der Waals surface area (Å²) in [7, 11) is 0. The molecule has 2 saturated carbocycles. The molecule has 3 heterocycles. The molecule has 8 rings (SSSR count). The lowest BCUT2D eigenvalue weighted by Gasteiger charge is -2.64. The van der Waals surface area contributed by atoms with Gasteiger partial charge in [-0.1, -0.05) is 41.9 Å². The third-order valence-corrected chi connectivity index (χ3v) is 10.3. The number of amides is 1. The van der Waals surface area contributed by atoms with Gasteiger partial charge < -0.3 is 20.3 Å². The Morgan fingerprint density at radius 2 is 2.03 bits per heavy atom. The van der Waals surface area contributed by atoms with E-state index in [1.165, 1.54) is 12.8 Å². The first-order chi connectivity index (χ1) is 18.4. The Hall–Kier alpha value is -2.87. The molecule has 3 aliphatic carbocycles. The maximum Gasteiger partial charge on any atom is 0.270 e. The van der Waals surface area contributed by atoms with E-state index in [0.29, 0.717) is 23.7 Å². The maximum absolute atomic E-state index is 13.5. The molecule has 3 fully saturated rings. The second-order valence-electron chi connectivity index (χ2n) is 11.9. The van der Waals surface area contributed by atoms with Crippen LogP contribution in [0.3, 0.4) is 0 Å². The molecule has 0 unspecified atom stereocenters. The molecule has 2 bridgehead atoms. The molecule has 1 saturated heterocycles. The van der Waals surface area contributed by atoms with E-state index in [0.717, 1.165) is 53.7 Å². The van der Waals surface area contributed by atoms with E-state index in [1.807, 2.05) is 30.3 Å². The van der Waals surface area contributed by atoms with Crippen LogP contribution in [0.4, 0.5) is 0 Å². The fourth-order valence-corrected chi connectivity index (χ4v) is 8.41. The average molecular weight is 532 g/mol. The lowest BCUT2D eigenvalue weighted by atomic mass is 9.48. The second kappa shape index (κ2) is 7.84. The summed E-state index contributed by atoms with van der Waals surface area (Å²) >= 11 is 6.42. The van der Waals surface area contributed by atoms with Gasteiger partial charge in [0.1, 0.15) is 17.0 Å². The number of benzene rings is 2. The summed E-state index contributed by atoms with van der Waals surface area (Å²) in [5.74, 6) is 0.999. The third-order valence-electron chi connectivity index (χ3n) is 10.0. The fraction of sp³-hybridized carbons (Fsp3) is 0.467. The first kappa shape index (κ1) is 23.1. The smallest absolute Gasteiger partial charge is 0.270 e. The number of nitrogens with one attached hydrogen (secondary N) is 1. The van der Waals surface area contributed by atoms with Crippen molar-refractivity contribution in [2.24, 2.45) is 5.92 Å². The summed E-state index contributed by atoms with van der Waals surface area (Å²) in [6.45, 7) is 1.91. The third kappa shape index (κ3) is 2.98. The van der Waals surface area contributed by atoms with Crippen LogP contribution in [0.5, 0.6) is 11.5 Å². The summed E-state index contributed by atoms with van der Waals surface area (Å²) in [6.07, 6.45) is 4.68. The van der Waals surface area contributed by atoms with Crippen molar-refractivity contribution in [3.05, 3.63) is 64.4 Å². The van der Waals surface area contributed by atoms with Gasteiger partial charge in [-0.15, -0.1) is 0 Å². The van der Waals surface area contributed by atoms with Crippen LogP contribution >= 0.6 is 11.6 Å². The number of hydrogen-bond acceptors (Lipinski definition) is 6. The highest BCUT2D eigenvalue weighted by molar-refractivity contribution is 6.34. The van der Waals surface area contributed by atoms with Crippen molar-refractivity contribution in [2.75, 3.05) is 13.1 Å². The van der Waals surface area contributed by atoms with Crippen molar-refractivity contribution in [3.8, 4) is 11.5 Å². The number of hydrogen-bond donors (Lipinski definition) is 3. The standard InChI is InChI=1S/C30H30ClN3O4/c31-27-19-4-2-1-3-17(19)13-21(32-27)28(36)33-20-9-10-30(37)23-14-18-7-8-22(35)25-24(18)29(30,26(20)38-25)11-12-34(23)15-16-5-6-16/h1-4,7-8,13,16,20,23,26,35,37H,5-6,9-12,14-15H2,(H,33,36)/t20-,23+,26-,29-,30+/m0/s1. The number of aromatic nitrogens is 1. The Kier molecular flexibility index (Phi) is 4.76. The van der Waals surface area contributed by atoms with Gasteiger partial charge in [-0.3, -0.25) is 9.69 Å². The molecular weight excluding hydrogens is 502 g/mol. The van der Waals surface area contributed by atoms with Gasteiger partial charge in [-0.05, 0) is 74.1 Å². The number of nitrogens with zero attached hydrogens (tertiary/aromatic N) is 2. The van der Waals surface area contributed by atoms with E-state index in [4.69, 9.17) is 16.3 Å². The topological polar surface area (TPSA) is 94.9 Å². The first-order valence-corrected chi connectivity index (χ1v) is 14.1. The summed E-state index contributed by atoms with van der Waals surface area (Å²) in [5, 5.41) is 28.5. The van der Waals surface area contributed by atoms with Crippen LogP contribution in [0.25, 0.3) is 10.8 Å². The number of phenols is 1. The Morgan fingerprint density at radius 1 is 1.18 bits per heavy atom. The number of likely N-dealkylation sites (tertiary alicyclic amines) is 1. The largest absolute Gasteiger partial charge is 0.504 e. The summed E-state index contributed by atoms with van der Waals surface area (Å²) in [4.78, 5) is 20.4. The van der Waals surface area contributed by atoms with E-state index in [2.05, 4.69) is 15.2 Å². The van der Waals surface area contributed by atoms with Crippen LogP contribution in [0, 0.1) is 5.92 Å². The van der Waals surface area contributed by atoms with Crippen LogP contribution in [0.15, 0.2) is 42.5 Å². The van der Waals surface area contributed by atoms with E-state index in [-0.39, 0.29) is 29.4 Å². The second-order valence-corrected chi connectivity index (χ2v) is 12.3.